The van der Waals surface area contributed by atoms with Gasteiger partial charge in [-0.15, -0.1) is 0 Å². The van der Waals surface area contributed by atoms with E-state index in [4.69, 9.17) is 10.8 Å². The van der Waals surface area contributed by atoms with E-state index in [2.05, 4.69) is 15.9 Å². The van der Waals surface area contributed by atoms with Crippen LogP contribution in [0.5, 0.6) is 0 Å². The predicted octanol–water partition coefficient (Wildman–Crippen LogP) is 1.66. The summed E-state index contributed by atoms with van der Waals surface area (Å²) >= 11 is 3.07. The highest BCUT2D eigenvalue weighted by atomic mass is 79.9. The first kappa shape index (κ1) is 8.49. The van der Waals surface area contributed by atoms with E-state index >= 15 is 0 Å². The Bertz CT molecular complexity index is 277. The first-order valence-corrected chi connectivity index (χ1v) is 3.79. The minimum absolute atomic E-state index is 0.199. The molecule has 2 nitrogen and oxygen atoms in total. The van der Waals surface area contributed by atoms with E-state index in [9.17, 15) is 4.39 Å². The van der Waals surface area contributed by atoms with Crippen LogP contribution >= 0.6 is 15.9 Å². The number of nitrogens with two attached hydrogens (primary N) is 1. The second-order valence-electron chi connectivity index (χ2n) is 2.09. The number of anilines is 1. The molecule has 0 bridgehead atoms. The predicted molar refractivity (Wildman–Crippen MR) is 44.4 cm³/mol. The van der Waals surface area contributed by atoms with Crippen LogP contribution in [-0.2, 0) is 6.61 Å². The van der Waals surface area contributed by atoms with Gasteiger partial charge in [0.25, 0.3) is 0 Å². The van der Waals surface area contributed by atoms with E-state index in [1.165, 1.54) is 12.1 Å². The monoisotopic (exact) mass is 219 g/mol. The summed E-state index contributed by atoms with van der Waals surface area (Å²) in [5.74, 6) is -0.450. The van der Waals surface area contributed by atoms with Gasteiger partial charge in [0.2, 0.25) is 0 Å². The molecule has 4 heteroatoms. The van der Waals surface area contributed by atoms with Crippen molar-refractivity contribution in [1.82, 2.24) is 0 Å². The van der Waals surface area contributed by atoms with Crippen molar-refractivity contribution in [3.05, 3.63) is 28.0 Å². The first-order chi connectivity index (χ1) is 5.16. The molecular formula is C7H7BrFNO. The summed E-state index contributed by atoms with van der Waals surface area (Å²) in [4.78, 5) is 0. The summed E-state index contributed by atoms with van der Waals surface area (Å²) < 4.78 is 13.2. The van der Waals surface area contributed by atoms with Crippen molar-refractivity contribution in [2.24, 2.45) is 0 Å². The fourth-order valence-electron chi connectivity index (χ4n) is 0.761. The Morgan fingerprint density at radius 1 is 1.55 bits per heavy atom. The van der Waals surface area contributed by atoms with Crippen molar-refractivity contribution in [1.29, 1.82) is 0 Å². The largest absolute Gasteiger partial charge is 0.398 e. The summed E-state index contributed by atoms with van der Waals surface area (Å²) in [6.07, 6.45) is 0. The summed E-state index contributed by atoms with van der Waals surface area (Å²) in [5.41, 5.74) is 6.07. The van der Waals surface area contributed by atoms with E-state index < -0.39 is 5.82 Å². The third-order valence-corrected chi connectivity index (χ3v) is 2.31. The molecule has 3 N–H and O–H groups in total. The van der Waals surface area contributed by atoms with Crippen LogP contribution in [0.15, 0.2) is 16.6 Å². The number of rotatable bonds is 1. The van der Waals surface area contributed by atoms with Gasteiger partial charge in [0.15, 0.2) is 0 Å². The van der Waals surface area contributed by atoms with Crippen LogP contribution in [0.25, 0.3) is 0 Å². The molecule has 1 aromatic carbocycles. The van der Waals surface area contributed by atoms with Gasteiger partial charge in [0.05, 0.1) is 6.61 Å². The highest BCUT2D eigenvalue weighted by Crippen LogP contribution is 2.25. The van der Waals surface area contributed by atoms with Gasteiger partial charge >= 0.3 is 0 Å². The lowest BCUT2D eigenvalue weighted by Gasteiger charge is -2.04. The molecule has 0 saturated heterocycles. The third kappa shape index (κ3) is 1.52. The van der Waals surface area contributed by atoms with Crippen LogP contribution < -0.4 is 5.73 Å². The molecule has 60 valence electrons. The molecule has 0 unspecified atom stereocenters. The van der Waals surface area contributed by atoms with Crippen molar-refractivity contribution in [3.63, 3.8) is 0 Å². The van der Waals surface area contributed by atoms with Gasteiger partial charge in [-0.25, -0.2) is 4.39 Å². The van der Waals surface area contributed by atoms with Gasteiger partial charge in [0, 0.05) is 15.7 Å². The Hall–Kier alpha value is -0.610. The van der Waals surface area contributed by atoms with E-state index in [0.717, 1.165) is 0 Å². The van der Waals surface area contributed by atoms with Gasteiger partial charge in [-0.2, -0.15) is 0 Å². The molecule has 1 rings (SSSR count). The van der Waals surface area contributed by atoms with Gasteiger partial charge in [0.1, 0.15) is 5.82 Å². The molecule has 0 amide bonds. The molecule has 0 aliphatic heterocycles. The first-order valence-electron chi connectivity index (χ1n) is 3.00. The lowest BCUT2D eigenvalue weighted by Crippen LogP contribution is -1.95. The molecule has 0 saturated carbocycles. The smallest absolute Gasteiger partial charge is 0.130 e. The quantitative estimate of drug-likeness (QED) is 0.707. The average molecular weight is 220 g/mol. The molecule has 0 fully saturated rings. The van der Waals surface area contributed by atoms with Gasteiger partial charge in [-0.1, -0.05) is 0 Å². The Morgan fingerprint density at radius 3 is 2.64 bits per heavy atom. The highest BCUT2D eigenvalue weighted by molar-refractivity contribution is 9.10. The fourth-order valence-corrected chi connectivity index (χ4v) is 1.21. The van der Waals surface area contributed by atoms with Crippen molar-refractivity contribution >= 4 is 21.6 Å². The van der Waals surface area contributed by atoms with Crippen LogP contribution in [0.4, 0.5) is 10.1 Å². The second kappa shape index (κ2) is 3.19. The SMILES string of the molecule is Nc1ccc(F)c(CO)c1Br. The maximum Gasteiger partial charge on any atom is 0.130 e. The Kier molecular flexibility index (Phi) is 2.46. The van der Waals surface area contributed by atoms with Crippen molar-refractivity contribution < 1.29 is 9.50 Å². The van der Waals surface area contributed by atoms with Crippen molar-refractivity contribution in [2.45, 2.75) is 6.61 Å². The van der Waals surface area contributed by atoms with E-state index in [-0.39, 0.29) is 12.2 Å². The summed E-state index contributed by atoms with van der Waals surface area (Å²) in [6.45, 7) is -0.350. The summed E-state index contributed by atoms with van der Waals surface area (Å²) in [6, 6.07) is 2.67. The average Bonchev–Trinajstić information content (AvgIpc) is 1.99. The van der Waals surface area contributed by atoms with Crippen LogP contribution in [0.1, 0.15) is 5.56 Å². The number of hydrogen-bond donors (Lipinski definition) is 2. The number of hydrogen-bond acceptors (Lipinski definition) is 2. The lowest BCUT2D eigenvalue weighted by atomic mass is 10.2. The molecule has 0 aromatic heterocycles. The number of nitrogen functional groups attached to an aromatic ring is 1. The number of halogens is 2. The van der Waals surface area contributed by atoms with Crippen LogP contribution in [0.3, 0.4) is 0 Å². The Labute approximate surface area is 72.0 Å². The topological polar surface area (TPSA) is 46.2 Å². The van der Waals surface area contributed by atoms with E-state index in [1.54, 1.807) is 0 Å². The zero-order valence-electron chi connectivity index (χ0n) is 5.64. The van der Waals surface area contributed by atoms with E-state index in [0.29, 0.717) is 10.2 Å². The molecule has 11 heavy (non-hydrogen) atoms. The maximum atomic E-state index is 12.8. The molecule has 0 radical (unpaired) electrons. The third-order valence-electron chi connectivity index (χ3n) is 1.37. The zero-order chi connectivity index (χ0) is 8.43. The fraction of sp³-hybridized carbons (Fsp3) is 0.143. The molecule has 1 aromatic rings. The normalized spacial score (nSPS) is 10.1. The van der Waals surface area contributed by atoms with Gasteiger partial charge < -0.3 is 10.8 Å². The van der Waals surface area contributed by atoms with E-state index in [1.807, 2.05) is 0 Å². The highest BCUT2D eigenvalue weighted by Gasteiger charge is 2.07. The standard InChI is InChI=1S/C7H7BrFNO/c8-7-4(3-11)5(9)1-2-6(7)10/h1-2,11H,3,10H2. The summed E-state index contributed by atoms with van der Waals surface area (Å²) in [7, 11) is 0. The maximum absolute atomic E-state index is 12.8. The molecular weight excluding hydrogens is 213 g/mol. The zero-order valence-corrected chi connectivity index (χ0v) is 7.23. The molecule has 0 aliphatic carbocycles. The Balaban J connectivity index is 3.29. The summed E-state index contributed by atoms with van der Waals surface area (Å²) in [5, 5.41) is 8.70. The number of aliphatic hydroxyl groups is 1. The van der Waals surface area contributed by atoms with Crippen LogP contribution in [-0.4, -0.2) is 5.11 Å². The minimum Gasteiger partial charge on any atom is -0.398 e. The van der Waals surface area contributed by atoms with Crippen molar-refractivity contribution in [3.8, 4) is 0 Å². The van der Waals surface area contributed by atoms with Gasteiger partial charge in [-0.3, -0.25) is 0 Å². The minimum atomic E-state index is -0.450. The lowest BCUT2D eigenvalue weighted by molar-refractivity contribution is 0.275. The number of aliphatic hydroxyl groups excluding tert-OH is 1. The van der Waals surface area contributed by atoms with Crippen molar-refractivity contribution in [2.75, 3.05) is 5.73 Å². The molecule has 0 spiro atoms. The molecule has 0 aliphatic rings. The van der Waals surface area contributed by atoms with Gasteiger partial charge in [-0.05, 0) is 28.1 Å². The van der Waals surface area contributed by atoms with Crippen LogP contribution in [0, 0.1) is 5.82 Å². The number of benzene rings is 1. The molecule has 0 atom stereocenters. The Morgan fingerprint density at radius 2 is 2.18 bits per heavy atom. The second-order valence-corrected chi connectivity index (χ2v) is 2.88. The van der Waals surface area contributed by atoms with Crippen LogP contribution in [0.2, 0.25) is 0 Å². The molecule has 0 heterocycles.